The Morgan fingerprint density at radius 2 is 1.80 bits per heavy atom. The summed E-state index contributed by atoms with van der Waals surface area (Å²) in [4.78, 5) is 55.3. The third kappa shape index (κ3) is 4.11. The van der Waals surface area contributed by atoms with E-state index in [0.29, 0.717) is 28.9 Å². The van der Waals surface area contributed by atoms with E-state index in [1.165, 1.54) is 12.1 Å². The number of hydrogen-bond acceptors (Lipinski definition) is 8. The smallest absolute Gasteiger partial charge is 0.404 e. The monoisotopic (exact) mass is 549 g/mol. The first kappa shape index (κ1) is 27.0. The maximum Gasteiger partial charge on any atom is 0.404 e. The lowest BCUT2D eigenvalue weighted by Crippen LogP contribution is -2.59. The number of nitrogens with two attached hydrogens (primary N) is 1. The van der Waals surface area contributed by atoms with Gasteiger partial charge in [-0.3, -0.25) is 14.5 Å². The number of fused-ring (bicyclic) bond motifs is 3. The molecular formula is C28H31N5O7. The second kappa shape index (κ2) is 10.2. The van der Waals surface area contributed by atoms with Gasteiger partial charge in [-0.25, -0.2) is 9.59 Å². The van der Waals surface area contributed by atoms with E-state index >= 15 is 0 Å². The van der Waals surface area contributed by atoms with E-state index in [1.54, 1.807) is 42.3 Å². The highest BCUT2D eigenvalue weighted by molar-refractivity contribution is 6.11. The fraction of sp³-hybridized carbons (Fsp3) is 0.357. The zero-order chi connectivity index (χ0) is 28.9. The Bertz CT molecular complexity index is 1410. The number of likely N-dealkylation sites (N-methyl/N-ethyl adjacent to an activating group) is 1. The fourth-order valence-electron chi connectivity index (χ4n) is 6.12. The van der Waals surface area contributed by atoms with Gasteiger partial charge in [-0.05, 0) is 48.9 Å². The van der Waals surface area contributed by atoms with Gasteiger partial charge in [0.2, 0.25) is 5.91 Å². The zero-order valence-electron chi connectivity index (χ0n) is 22.2. The lowest BCUT2D eigenvalue weighted by molar-refractivity contribution is -0.151. The number of para-hydroxylation sites is 1. The summed E-state index contributed by atoms with van der Waals surface area (Å²) in [6.45, 7) is 3.85. The average Bonchev–Trinajstić information content (AvgIpc) is 3.42. The number of aromatic hydroxyl groups is 1. The molecule has 0 bridgehead atoms. The van der Waals surface area contributed by atoms with Gasteiger partial charge in [-0.2, -0.15) is 0 Å². The van der Waals surface area contributed by atoms with Crippen molar-refractivity contribution >= 4 is 35.3 Å². The molecule has 0 aromatic heterocycles. The maximum absolute atomic E-state index is 14.3. The fourth-order valence-corrected chi connectivity index (χ4v) is 6.12. The van der Waals surface area contributed by atoms with Gasteiger partial charge < -0.3 is 36.2 Å². The van der Waals surface area contributed by atoms with Crippen LogP contribution in [0, 0.1) is 5.92 Å². The number of hydrogen-bond donors (Lipinski definition) is 5. The minimum absolute atomic E-state index is 0.00661. The molecule has 3 heterocycles. The number of carboxylic acid groups (broad SMARTS) is 1. The van der Waals surface area contributed by atoms with Crippen molar-refractivity contribution in [3.63, 3.8) is 0 Å². The van der Waals surface area contributed by atoms with E-state index in [2.05, 4.69) is 10.6 Å². The molecule has 12 heteroatoms. The Labute approximate surface area is 230 Å². The van der Waals surface area contributed by atoms with Gasteiger partial charge in [-0.15, -0.1) is 0 Å². The van der Waals surface area contributed by atoms with Gasteiger partial charge in [0.1, 0.15) is 23.7 Å². The lowest BCUT2D eigenvalue weighted by atomic mass is 9.93. The number of amides is 3. The molecule has 12 nitrogen and oxygen atoms in total. The van der Waals surface area contributed by atoms with Crippen LogP contribution in [-0.4, -0.2) is 70.4 Å². The molecular weight excluding hydrogens is 518 g/mol. The molecule has 6 atom stereocenters. The normalized spacial score (nSPS) is 24.3. The van der Waals surface area contributed by atoms with Crippen LogP contribution in [0.4, 0.5) is 10.5 Å². The number of primary amides is 1. The molecule has 3 aliphatic heterocycles. The summed E-state index contributed by atoms with van der Waals surface area (Å²) in [7, 11) is 1.65. The van der Waals surface area contributed by atoms with Gasteiger partial charge >= 0.3 is 12.1 Å². The third-order valence-corrected chi connectivity index (χ3v) is 8.02. The number of phenols is 1. The van der Waals surface area contributed by atoms with Crippen molar-refractivity contribution in [2.24, 2.45) is 11.7 Å². The van der Waals surface area contributed by atoms with Crippen LogP contribution in [0.2, 0.25) is 0 Å². The van der Waals surface area contributed by atoms with Crippen molar-refractivity contribution in [2.45, 2.75) is 50.5 Å². The van der Waals surface area contributed by atoms with E-state index in [1.807, 2.05) is 19.9 Å². The van der Waals surface area contributed by atoms with Crippen LogP contribution in [0.25, 0.3) is 5.70 Å². The van der Waals surface area contributed by atoms with Crippen LogP contribution in [0.3, 0.4) is 0 Å². The standard InChI is InChI=1S/C28H31N5O7/c1-4-13(2)19(30-3)24(35)31-20-21(14-9-11-15(34)12-10-14)32-17-8-6-5-7-16(17)18-23(40-28(29)39)22(27(37)38)33(25(18)32)26(20)36/h5-13,18-19,22-23,25,30,34H,4H2,1-3H3,(H2,29,39)(H,31,35)(H,37,38)/t13-,18-,19-,22-,23-,25+/m0/s1. The van der Waals surface area contributed by atoms with Gasteiger partial charge in [-0.1, -0.05) is 38.5 Å². The lowest BCUT2D eigenvalue weighted by Gasteiger charge is -2.42. The third-order valence-electron chi connectivity index (χ3n) is 8.02. The van der Waals surface area contributed by atoms with E-state index in [0.717, 1.165) is 4.90 Å². The van der Waals surface area contributed by atoms with Crippen LogP contribution in [0.1, 0.15) is 37.3 Å². The summed E-state index contributed by atoms with van der Waals surface area (Å²) in [6, 6.07) is 11.1. The minimum Gasteiger partial charge on any atom is -0.508 e. The van der Waals surface area contributed by atoms with Gasteiger partial charge in [0.05, 0.1) is 17.7 Å². The summed E-state index contributed by atoms with van der Waals surface area (Å²) in [5.41, 5.74) is 7.38. The highest BCUT2D eigenvalue weighted by Gasteiger charge is 2.65. The van der Waals surface area contributed by atoms with Crippen molar-refractivity contribution in [1.29, 1.82) is 0 Å². The Hall–Kier alpha value is -4.58. The Kier molecular flexibility index (Phi) is 6.88. The van der Waals surface area contributed by atoms with E-state index in [4.69, 9.17) is 10.5 Å². The largest absolute Gasteiger partial charge is 0.508 e. The van der Waals surface area contributed by atoms with E-state index in [-0.39, 0.29) is 17.4 Å². The van der Waals surface area contributed by atoms with Crippen molar-refractivity contribution in [2.75, 3.05) is 11.9 Å². The molecule has 40 heavy (non-hydrogen) atoms. The van der Waals surface area contributed by atoms with E-state index in [9.17, 15) is 29.4 Å². The number of rotatable bonds is 8. The quantitative estimate of drug-likeness (QED) is 0.327. The van der Waals surface area contributed by atoms with Crippen LogP contribution >= 0.6 is 0 Å². The average molecular weight is 550 g/mol. The molecule has 5 rings (SSSR count). The predicted molar refractivity (Wildman–Crippen MR) is 144 cm³/mol. The number of anilines is 1. The number of nitrogens with zero attached hydrogens (tertiary/aromatic N) is 2. The predicted octanol–water partition coefficient (Wildman–Crippen LogP) is 1.51. The topological polar surface area (TPSA) is 175 Å². The first-order valence-corrected chi connectivity index (χ1v) is 13.0. The Balaban J connectivity index is 1.76. The highest BCUT2D eigenvalue weighted by Crippen LogP contribution is 2.56. The number of phenolic OH excluding ortho intramolecular Hbond substituents is 1. The number of carbonyl (C=O) groups is 4. The van der Waals surface area contributed by atoms with Crippen LogP contribution < -0.4 is 21.3 Å². The van der Waals surface area contributed by atoms with Crippen LogP contribution in [0.15, 0.2) is 54.2 Å². The zero-order valence-corrected chi connectivity index (χ0v) is 22.2. The molecule has 0 radical (unpaired) electrons. The molecule has 0 spiro atoms. The molecule has 3 aliphatic rings. The molecule has 2 aromatic carbocycles. The molecule has 0 unspecified atom stereocenters. The molecule has 3 amide bonds. The highest BCUT2D eigenvalue weighted by atomic mass is 16.6. The number of carboxylic acids is 1. The minimum atomic E-state index is -1.56. The molecule has 6 N–H and O–H groups in total. The van der Waals surface area contributed by atoms with Crippen molar-refractivity contribution < 1.29 is 34.1 Å². The Morgan fingerprint density at radius 3 is 2.40 bits per heavy atom. The van der Waals surface area contributed by atoms with Gasteiger partial charge in [0, 0.05) is 11.3 Å². The number of benzene rings is 2. The summed E-state index contributed by atoms with van der Waals surface area (Å²) < 4.78 is 5.38. The summed E-state index contributed by atoms with van der Waals surface area (Å²) in [5.74, 6) is -3.38. The van der Waals surface area contributed by atoms with Crippen LogP contribution in [0.5, 0.6) is 5.75 Å². The summed E-state index contributed by atoms with van der Waals surface area (Å²) in [6.07, 6.45) is -2.63. The van der Waals surface area contributed by atoms with Crippen molar-refractivity contribution in [3.05, 3.63) is 65.4 Å². The first-order chi connectivity index (χ1) is 19.1. The van der Waals surface area contributed by atoms with Crippen molar-refractivity contribution in [1.82, 2.24) is 15.5 Å². The van der Waals surface area contributed by atoms with E-state index < -0.39 is 54.1 Å². The molecule has 1 fully saturated rings. The first-order valence-electron chi connectivity index (χ1n) is 13.0. The molecule has 1 saturated heterocycles. The van der Waals surface area contributed by atoms with Crippen molar-refractivity contribution in [3.8, 4) is 5.75 Å². The summed E-state index contributed by atoms with van der Waals surface area (Å²) >= 11 is 0. The SMILES string of the molecule is CC[C@H](C)[C@H](NC)C(=O)NC1=C(c2ccc(O)cc2)N2c3ccccc3[C@H]3[C@H](OC(N)=O)[C@@H](C(=O)O)N(C1=O)[C@H]32. The maximum atomic E-state index is 14.3. The number of carbonyl (C=O) groups excluding carboxylic acids is 3. The Morgan fingerprint density at radius 1 is 1.12 bits per heavy atom. The molecule has 2 aromatic rings. The molecule has 0 saturated carbocycles. The number of ether oxygens (including phenoxy) is 1. The second-order valence-corrected chi connectivity index (χ2v) is 10.2. The number of nitrogens with one attached hydrogen (secondary N) is 2. The van der Waals surface area contributed by atoms with Gasteiger partial charge in [0.15, 0.2) is 6.04 Å². The molecule has 210 valence electrons. The summed E-state index contributed by atoms with van der Waals surface area (Å²) in [5, 5.41) is 26.0. The number of aliphatic carboxylic acids is 1. The second-order valence-electron chi connectivity index (χ2n) is 10.2. The van der Waals surface area contributed by atoms with Crippen LogP contribution in [-0.2, 0) is 19.1 Å². The van der Waals surface area contributed by atoms with Gasteiger partial charge in [0.25, 0.3) is 5.91 Å². The molecule has 0 aliphatic carbocycles.